The summed E-state index contributed by atoms with van der Waals surface area (Å²) >= 11 is 5.94. The lowest BCUT2D eigenvalue weighted by atomic mass is 9.92. The maximum Gasteiger partial charge on any atom is 0.252 e. The van der Waals surface area contributed by atoms with Crippen LogP contribution in [0.1, 0.15) is 38.1 Å². The maximum absolute atomic E-state index is 13.4. The van der Waals surface area contributed by atoms with E-state index >= 15 is 0 Å². The number of H-pyrrole nitrogens is 1. The van der Waals surface area contributed by atoms with Crippen molar-refractivity contribution in [2.24, 2.45) is 0 Å². The van der Waals surface area contributed by atoms with Crippen LogP contribution in [0.2, 0.25) is 5.02 Å². The van der Waals surface area contributed by atoms with E-state index < -0.39 is 17.9 Å². The molecule has 0 aliphatic rings. The van der Waals surface area contributed by atoms with Gasteiger partial charge in [0.2, 0.25) is 0 Å². The third kappa shape index (κ3) is 5.19. The van der Waals surface area contributed by atoms with E-state index in [-0.39, 0.29) is 5.41 Å². The first-order valence-corrected chi connectivity index (χ1v) is 10.1. The van der Waals surface area contributed by atoms with Crippen LogP contribution < -0.4 is 10.2 Å². The van der Waals surface area contributed by atoms with Gasteiger partial charge in [0.25, 0.3) is 11.8 Å². The zero-order valence-electron chi connectivity index (χ0n) is 17.6. The molecule has 0 bridgehead atoms. The number of nitrogens with one attached hydrogen (secondary N) is 2. The van der Waals surface area contributed by atoms with Gasteiger partial charge in [-0.25, -0.2) is 0 Å². The van der Waals surface area contributed by atoms with E-state index in [4.69, 9.17) is 11.6 Å². The first-order chi connectivity index (χ1) is 14.7. The molecule has 0 spiro atoms. The lowest BCUT2D eigenvalue weighted by Gasteiger charge is -2.28. The topological polar surface area (TPSA) is 91.0 Å². The van der Waals surface area contributed by atoms with E-state index in [9.17, 15) is 9.59 Å². The Bertz CT molecular complexity index is 1070. The molecule has 3 aromatic rings. The lowest BCUT2D eigenvalue weighted by molar-refractivity contribution is -0.121. The Morgan fingerprint density at radius 1 is 1.23 bits per heavy atom. The van der Waals surface area contributed by atoms with Crippen LogP contribution in [0.5, 0.6) is 0 Å². The van der Waals surface area contributed by atoms with E-state index in [1.54, 1.807) is 54.9 Å². The minimum Gasteiger partial charge on any atom is -0.324 e. The SMILES string of the molecule is C=CC(=O)N(c1cc(C(C)(C)C)[nH]n1)C(C(=O)Nc1ccc(Cl)cc1)c1cccnc1. The van der Waals surface area contributed by atoms with Crippen molar-refractivity contribution in [3.63, 3.8) is 0 Å². The van der Waals surface area contributed by atoms with Gasteiger partial charge in [-0.05, 0) is 36.4 Å². The van der Waals surface area contributed by atoms with Crippen LogP contribution in [-0.2, 0) is 15.0 Å². The molecule has 0 radical (unpaired) electrons. The summed E-state index contributed by atoms with van der Waals surface area (Å²) in [5.41, 5.74) is 1.69. The summed E-state index contributed by atoms with van der Waals surface area (Å²) in [7, 11) is 0. The van der Waals surface area contributed by atoms with Crippen molar-refractivity contribution >= 4 is 34.9 Å². The van der Waals surface area contributed by atoms with Crippen molar-refractivity contribution in [2.75, 3.05) is 10.2 Å². The molecule has 0 aliphatic carbocycles. The number of aromatic amines is 1. The second-order valence-corrected chi connectivity index (χ2v) is 8.42. The molecule has 3 rings (SSSR count). The van der Waals surface area contributed by atoms with Crippen molar-refractivity contribution in [3.8, 4) is 0 Å². The van der Waals surface area contributed by atoms with Gasteiger partial charge in [0.1, 0.15) is 6.04 Å². The van der Waals surface area contributed by atoms with Gasteiger partial charge in [0.05, 0.1) is 0 Å². The van der Waals surface area contributed by atoms with Crippen molar-refractivity contribution in [3.05, 3.63) is 83.8 Å². The normalized spacial score (nSPS) is 12.1. The Hall–Kier alpha value is -3.45. The first kappa shape index (κ1) is 22.2. The molecule has 31 heavy (non-hydrogen) atoms. The van der Waals surface area contributed by atoms with Crippen molar-refractivity contribution in [1.82, 2.24) is 15.2 Å². The fraction of sp³-hybridized carbons (Fsp3) is 0.217. The van der Waals surface area contributed by atoms with E-state index in [0.29, 0.717) is 22.1 Å². The average Bonchev–Trinajstić information content (AvgIpc) is 3.24. The highest BCUT2D eigenvalue weighted by molar-refractivity contribution is 6.30. The average molecular weight is 438 g/mol. The molecule has 0 aliphatic heterocycles. The quantitative estimate of drug-likeness (QED) is 0.549. The number of rotatable bonds is 6. The van der Waals surface area contributed by atoms with Crippen LogP contribution in [-0.4, -0.2) is 27.0 Å². The Labute approximate surface area is 186 Å². The Morgan fingerprint density at radius 2 is 1.94 bits per heavy atom. The van der Waals surface area contributed by atoms with Gasteiger partial charge in [-0.3, -0.25) is 24.6 Å². The van der Waals surface area contributed by atoms with Gasteiger partial charge in [-0.2, -0.15) is 5.10 Å². The molecule has 0 saturated heterocycles. The number of pyridine rings is 1. The molecule has 2 heterocycles. The molecule has 0 fully saturated rings. The summed E-state index contributed by atoms with van der Waals surface area (Å²) in [6.45, 7) is 9.67. The van der Waals surface area contributed by atoms with Gasteiger partial charge in [-0.1, -0.05) is 45.0 Å². The fourth-order valence-electron chi connectivity index (χ4n) is 2.99. The standard InChI is InChI=1S/C23H24ClN5O2/c1-5-20(30)29(19-13-18(27-28-19)23(2,3)4)21(15-7-6-12-25-14-15)22(31)26-17-10-8-16(24)9-11-17/h5-14,21H,1H2,2-4H3,(H,26,31)(H,27,28). The van der Waals surface area contributed by atoms with Gasteiger partial charge in [0, 0.05) is 45.8 Å². The van der Waals surface area contributed by atoms with Crippen LogP contribution in [0.25, 0.3) is 0 Å². The number of amides is 2. The largest absolute Gasteiger partial charge is 0.324 e. The molecule has 0 saturated carbocycles. The van der Waals surface area contributed by atoms with Gasteiger partial charge in [0.15, 0.2) is 5.82 Å². The molecule has 1 aromatic carbocycles. The third-order valence-corrected chi connectivity index (χ3v) is 4.90. The number of carbonyl (C=O) groups is 2. The highest BCUT2D eigenvalue weighted by Crippen LogP contribution is 2.31. The second-order valence-electron chi connectivity index (χ2n) is 7.99. The van der Waals surface area contributed by atoms with Crippen LogP contribution >= 0.6 is 11.6 Å². The van der Waals surface area contributed by atoms with Crippen molar-refractivity contribution in [1.29, 1.82) is 0 Å². The summed E-state index contributed by atoms with van der Waals surface area (Å²) in [6, 6.07) is 10.9. The predicted octanol–water partition coefficient (Wildman–Crippen LogP) is 4.65. The maximum atomic E-state index is 13.4. The summed E-state index contributed by atoms with van der Waals surface area (Å²) in [4.78, 5) is 31.8. The van der Waals surface area contributed by atoms with E-state index in [2.05, 4.69) is 27.1 Å². The molecule has 8 heteroatoms. The molecule has 2 aromatic heterocycles. The van der Waals surface area contributed by atoms with Gasteiger partial charge in [-0.15, -0.1) is 0 Å². The summed E-state index contributed by atoms with van der Waals surface area (Å²) in [5.74, 6) is -0.576. The number of halogens is 1. The van der Waals surface area contributed by atoms with Crippen molar-refractivity contribution in [2.45, 2.75) is 32.2 Å². The Kier molecular flexibility index (Phi) is 6.56. The van der Waals surface area contributed by atoms with E-state index in [0.717, 1.165) is 11.8 Å². The Morgan fingerprint density at radius 3 is 2.48 bits per heavy atom. The summed E-state index contributed by atoms with van der Waals surface area (Å²) in [6.07, 6.45) is 4.31. The van der Waals surface area contributed by atoms with Crippen LogP contribution in [0.4, 0.5) is 11.5 Å². The van der Waals surface area contributed by atoms with Crippen LogP contribution in [0.3, 0.4) is 0 Å². The van der Waals surface area contributed by atoms with E-state index in [1.807, 2.05) is 20.8 Å². The second kappa shape index (κ2) is 9.14. The van der Waals surface area contributed by atoms with Crippen molar-refractivity contribution < 1.29 is 9.59 Å². The number of carbonyl (C=O) groups excluding carboxylic acids is 2. The number of aromatic nitrogens is 3. The highest BCUT2D eigenvalue weighted by atomic mass is 35.5. The monoisotopic (exact) mass is 437 g/mol. The fourth-order valence-corrected chi connectivity index (χ4v) is 3.11. The minimum absolute atomic E-state index is 0.219. The molecular weight excluding hydrogens is 414 g/mol. The minimum atomic E-state index is -1.02. The zero-order valence-corrected chi connectivity index (χ0v) is 18.3. The van der Waals surface area contributed by atoms with Gasteiger partial charge < -0.3 is 5.32 Å². The third-order valence-electron chi connectivity index (χ3n) is 4.65. The molecule has 7 nitrogen and oxygen atoms in total. The highest BCUT2D eigenvalue weighted by Gasteiger charge is 2.34. The Balaban J connectivity index is 2.07. The molecule has 1 atom stereocenters. The number of hydrogen-bond acceptors (Lipinski definition) is 4. The number of nitrogens with zero attached hydrogens (tertiary/aromatic N) is 3. The molecular formula is C23H24ClN5O2. The predicted molar refractivity (Wildman–Crippen MR) is 122 cm³/mol. The number of benzene rings is 1. The number of hydrogen-bond donors (Lipinski definition) is 2. The smallest absolute Gasteiger partial charge is 0.252 e. The summed E-state index contributed by atoms with van der Waals surface area (Å²) in [5, 5.41) is 10.7. The molecule has 2 amide bonds. The van der Waals surface area contributed by atoms with Crippen LogP contribution in [0, 0.1) is 0 Å². The summed E-state index contributed by atoms with van der Waals surface area (Å²) < 4.78 is 0. The van der Waals surface area contributed by atoms with Crippen LogP contribution in [0.15, 0.2) is 67.5 Å². The number of anilines is 2. The molecule has 160 valence electrons. The van der Waals surface area contributed by atoms with E-state index in [1.165, 1.54) is 4.90 Å². The van der Waals surface area contributed by atoms with Gasteiger partial charge >= 0.3 is 0 Å². The zero-order chi connectivity index (χ0) is 22.6. The molecule has 1 unspecified atom stereocenters. The lowest BCUT2D eigenvalue weighted by Crippen LogP contribution is -2.41. The first-order valence-electron chi connectivity index (χ1n) is 9.68. The molecule has 2 N–H and O–H groups in total.